The lowest BCUT2D eigenvalue weighted by molar-refractivity contribution is -0.255. The second-order valence-electron chi connectivity index (χ2n) is 6.78. The number of thioether (sulfide) groups is 1. The number of carboxylic acids is 1. The van der Waals surface area contributed by atoms with Crippen molar-refractivity contribution in [2.75, 3.05) is 19.0 Å². The van der Waals surface area contributed by atoms with Gasteiger partial charge in [-0.2, -0.15) is 0 Å². The summed E-state index contributed by atoms with van der Waals surface area (Å²) in [5.74, 6) is -2.41. The Labute approximate surface area is 188 Å². The van der Waals surface area contributed by atoms with Gasteiger partial charge in [0, 0.05) is 19.2 Å². The zero-order valence-electron chi connectivity index (χ0n) is 17.4. The van der Waals surface area contributed by atoms with Gasteiger partial charge in [0.15, 0.2) is 5.17 Å². The van der Waals surface area contributed by atoms with Gasteiger partial charge in [-0.3, -0.25) is 14.5 Å². The molecule has 1 heterocycles. The normalized spacial score (nSPS) is 17.2. The number of hydrogen-bond donors (Lipinski definition) is 1. The molecule has 3 rings (SSSR count). The van der Waals surface area contributed by atoms with Gasteiger partial charge in [0.2, 0.25) is 11.8 Å². The predicted octanol–water partition coefficient (Wildman–Crippen LogP) is 1.82. The van der Waals surface area contributed by atoms with Crippen LogP contribution in [0, 0.1) is 0 Å². The van der Waals surface area contributed by atoms with Gasteiger partial charge in [0.1, 0.15) is 5.25 Å². The number of carbonyl (C=O) groups excluding carboxylic acids is 4. The van der Waals surface area contributed by atoms with Crippen LogP contribution < -0.4 is 10.4 Å². The molecule has 1 aliphatic heterocycles. The molecule has 1 aliphatic rings. The molecule has 1 N–H and O–H groups in total. The van der Waals surface area contributed by atoms with Crippen molar-refractivity contribution in [3.05, 3.63) is 59.7 Å². The van der Waals surface area contributed by atoms with Crippen LogP contribution in [0.4, 0.5) is 11.4 Å². The summed E-state index contributed by atoms with van der Waals surface area (Å²) in [6, 6.07) is 12.0. The van der Waals surface area contributed by atoms with Crippen molar-refractivity contribution < 1.29 is 29.0 Å². The molecule has 32 heavy (non-hydrogen) atoms. The number of amides is 2. The lowest BCUT2D eigenvalue weighted by Gasteiger charge is -2.28. The van der Waals surface area contributed by atoms with E-state index in [0.29, 0.717) is 22.1 Å². The van der Waals surface area contributed by atoms with E-state index in [-0.39, 0.29) is 24.5 Å². The summed E-state index contributed by atoms with van der Waals surface area (Å²) in [6.07, 6.45) is -0.00898. The molecule has 0 aliphatic carbocycles. The van der Waals surface area contributed by atoms with Gasteiger partial charge in [-0.25, -0.2) is 9.79 Å². The molecule has 0 bridgehead atoms. The predicted molar refractivity (Wildman–Crippen MR) is 118 cm³/mol. The van der Waals surface area contributed by atoms with Crippen LogP contribution in [0.3, 0.4) is 0 Å². The summed E-state index contributed by atoms with van der Waals surface area (Å²) in [5.41, 5.74) is 1.30. The van der Waals surface area contributed by atoms with Crippen LogP contribution in [0.25, 0.3) is 0 Å². The molecular weight excluding hydrogens is 434 g/mol. The quantitative estimate of drug-likeness (QED) is 0.659. The van der Waals surface area contributed by atoms with Crippen molar-refractivity contribution in [1.29, 1.82) is 0 Å². The largest absolute Gasteiger partial charge is 0.545 e. The molecule has 0 saturated carbocycles. The summed E-state index contributed by atoms with van der Waals surface area (Å²) in [4.78, 5) is 53.5. The fourth-order valence-electron chi connectivity index (χ4n) is 2.81. The van der Waals surface area contributed by atoms with Crippen LogP contribution in [-0.2, 0) is 14.3 Å². The van der Waals surface area contributed by atoms with E-state index >= 15 is 0 Å². The number of ether oxygens (including phenoxy) is 1. The molecule has 1 atom stereocenters. The maximum atomic E-state index is 12.7. The molecule has 2 aromatic carbocycles. The number of rotatable bonds is 6. The lowest BCUT2D eigenvalue weighted by atomic mass is 10.2. The minimum Gasteiger partial charge on any atom is -0.545 e. The molecule has 0 spiro atoms. The van der Waals surface area contributed by atoms with Crippen molar-refractivity contribution in [2.24, 2.45) is 4.99 Å². The second kappa shape index (κ2) is 10.1. The highest BCUT2D eigenvalue weighted by atomic mass is 32.2. The smallest absolute Gasteiger partial charge is 0.338 e. The van der Waals surface area contributed by atoms with E-state index in [1.165, 1.54) is 29.2 Å². The molecule has 10 heteroatoms. The van der Waals surface area contributed by atoms with E-state index in [9.17, 15) is 24.3 Å². The Bertz CT molecular complexity index is 1070. The Kier molecular flexibility index (Phi) is 7.26. The summed E-state index contributed by atoms with van der Waals surface area (Å²) in [7, 11) is 1.58. The molecule has 0 unspecified atom stereocenters. The number of anilines is 1. The third-order valence-electron chi connectivity index (χ3n) is 4.55. The van der Waals surface area contributed by atoms with Gasteiger partial charge in [-0.05, 0) is 48.9 Å². The highest BCUT2D eigenvalue weighted by Gasteiger charge is 2.34. The van der Waals surface area contributed by atoms with Crippen LogP contribution in [0.15, 0.2) is 53.5 Å². The van der Waals surface area contributed by atoms with E-state index < -0.39 is 23.1 Å². The molecular formula is C22H20N3O6S-. The number of nitrogens with one attached hydrogen (secondary N) is 1. The van der Waals surface area contributed by atoms with Crippen molar-refractivity contribution >= 4 is 52.1 Å². The average molecular weight is 454 g/mol. The highest BCUT2D eigenvalue weighted by Crippen LogP contribution is 2.29. The maximum absolute atomic E-state index is 12.7. The Hall–Kier alpha value is -3.66. The Morgan fingerprint density at radius 3 is 2.34 bits per heavy atom. The number of hydrogen-bond acceptors (Lipinski definition) is 8. The Morgan fingerprint density at radius 2 is 1.75 bits per heavy atom. The minimum atomic E-state index is -1.31. The van der Waals surface area contributed by atoms with E-state index in [1.54, 1.807) is 38.2 Å². The number of benzene rings is 2. The zero-order valence-corrected chi connectivity index (χ0v) is 18.2. The topological polar surface area (TPSA) is 128 Å². The van der Waals surface area contributed by atoms with E-state index in [4.69, 9.17) is 4.74 Å². The monoisotopic (exact) mass is 454 g/mol. The van der Waals surface area contributed by atoms with Gasteiger partial charge in [-0.1, -0.05) is 23.9 Å². The fraction of sp³-hybridized carbons (Fsp3) is 0.227. The van der Waals surface area contributed by atoms with Gasteiger partial charge in [0.25, 0.3) is 0 Å². The van der Waals surface area contributed by atoms with Crippen molar-refractivity contribution in [1.82, 2.24) is 4.90 Å². The first-order chi connectivity index (χ1) is 15.3. The number of nitrogens with zero attached hydrogens (tertiary/aromatic N) is 2. The third kappa shape index (κ3) is 5.52. The molecule has 0 aromatic heterocycles. The van der Waals surface area contributed by atoms with Crippen molar-refractivity contribution in [3.8, 4) is 0 Å². The number of carbonyl (C=O) groups is 4. The lowest BCUT2D eigenvalue weighted by Crippen LogP contribution is -2.43. The number of aliphatic imine (C=N–C) groups is 1. The van der Waals surface area contributed by atoms with Crippen molar-refractivity contribution in [2.45, 2.75) is 18.6 Å². The summed E-state index contributed by atoms with van der Waals surface area (Å²) < 4.78 is 4.95. The van der Waals surface area contributed by atoms with Gasteiger partial charge in [-0.15, -0.1) is 0 Å². The minimum absolute atomic E-state index is 0.00441. The number of carboxylic acid groups (broad SMARTS) is 1. The second-order valence-corrected chi connectivity index (χ2v) is 7.95. The van der Waals surface area contributed by atoms with E-state index in [1.807, 2.05) is 0 Å². The van der Waals surface area contributed by atoms with Crippen LogP contribution in [0.1, 0.15) is 34.1 Å². The summed E-state index contributed by atoms with van der Waals surface area (Å²) >= 11 is 1.14. The first-order valence-corrected chi connectivity index (χ1v) is 10.6. The molecule has 166 valence electrons. The Balaban J connectivity index is 1.72. The standard InChI is InChI=1S/C22H21N3O6S/c1-3-31-21(30)14-6-10-16(11-7-14)24-22-25(2)18(26)12-17(32-22)19(27)23-15-8-4-13(5-9-15)20(28)29/h4-11,17H,3,12H2,1-2H3,(H,23,27)(H,28,29)/p-1/t17-/m1/s1. The molecule has 0 radical (unpaired) electrons. The van der Waals surface area contributed by atoms with Crippen molar-refractivity contribution in [3.63, 3.8) is 0 Å². The van der Waals surface area contributed by atoms with E-state index in [2.05, 4.69) is 10.3 Å². The van der Waals surface area contributed by atoms with Gasteiger partial charge in [0.05, 0.1) is 23.8 Å². The molecule has 2 amide bonds. The molecule has 9 nitrogen and oxygen atoms in total. The number of aromatic carboxylic acids is 1. The molecule has 1 saturated heterocycles. The first kappa shape index (κ1) is 23.0. The highest BCUT2D eigenvalue weighted by molar-refractivity contribution is 8.15. The van der Waals surface area contributed by atoms with Crippen LogP contribution in [0.2, 0.25) is 0 Å². The Morgan fingerprint density at radius 1 is 1.12 bits per heavy atom. The van der Waals surface area contributed by atoms with Gasteiger partial charge >= 0.3 is 5.97 Å². The first-order valence-electron chi connectivity index (χ1n) is 9.70. The number of esters is 1. The average Bonchev–Trinajstić information content (AvgIpc) is 2.77. The molecule has 2 aromatic rings. The molecule has 1 fully saturated rings. The maximum Gasteiger partial charge on any atom is 0.338 e. The fourth-order valence-corrected chi connectivity index (χ4v) is 3.87. The van der Waals surface area contributed by atoms with Crippen LogP contribution in [0.5, 0.6) is 0 Å². The van der Waals surface area contributed by atoms with Crippen LogP contribution in [-0.4, -0.2) is 52.7 Å². The summed E-state index contributed by atoms with van der Waals surface area (Å²) in [5, 5.41) is 13.1. The number of amidine groups is 1. The van der Waals surface area contributed by atoms with Gasteiger partial charge < -0.3 is 20.0 Å². The van der Waals surface area contributed by atoms with Crippen LogP contribution >= 0.6 is 11.8 Å². The van der Waals surface area contributed by atoms with E-state index in [0.717, 1.165) is 11.8 Å². The third-order valence-corrected chi connectivity index (χ3v) is 5.79. The SMILES string of the molecule is CCOC(=O)c1ccc(N=C2S[C@@H](C(=O)Nc3ccc(C(=O)[O-])cc3)CC(=O)N2C)cc1. The summed E-state index contributed by atoms with van der Waals surface area (Å²) in [6.45, 7) is 2.00. The zero-order chi connectivity index (χ0) is 23.3.